The van der Waals surface area contributed by atoms with Gasteiger partial charge in [0, 0.05) is 23.7 Å². The van der Waals surface area contributed by atoms with Gasteiger partial charge in [0.05, 0.1) is 5.71 Å². The van der Waals surface area contributed by atoms with Crippen LogP contribution in [0, 0.1) is 5.92 Å². The van der Waals surface area contributed by atoms with Crippen LogP contribution in [0.1, 0.15) is 70.9 Å². The van der Waals surface area contributed by atoms with E-state index in [1.54, 1.807) is 0 Å². The van der Waals surface area contributed by atoms with Gasteiger partial charge in [0.1, 0.15) is 16.1 Å². The summed E-state index contributed by atoms with van der Waals surface area (Å²) in [6.45, 7) is 8.47. The Morgan fingerprint density at radius 3 is 2.58 bits per heavy atom. The lowest BCUT2D eigenvalue weighted by molar-refractivity contribution is -0.123. The van der Waals surface area contributed by atoms with Gasteiger partial charge in [0.15, 0.2) is 0 Å². The molecule has 3 rings (SSSR count). The van der Waals surface area contributed by atoms with Crippen molar-refractivity contribution in [3.63, 3.8) is 0 Å². The van der Waals surface area contributed by atoms with Crippen molar-refractivity contribution in [2.75, 3.05) is 11.4 Å². The summed E-state index contributed by atoms with van der Waals surface area (Å²) in [5.74, 6) is 0.502. The zero-order valence-electron chi connectivity index (χ0n) is 16.4. The molecule has 1 atom stereocenters. The molecule has 0 spiro atoms. The molecule has 0 N–H and O–H groups in total. The molecule has 1 saturated carbocycles. The molecule has 1 aliphatic heterocycles. The number of anilines is 1. The molecule has 1 fully saturated rings. The van der Waals surface area contributed by atoms with Gasteiger partial charge in [0.25, 0.3) is 0 Å². The molecular formula is C21H30N2O2S. The zero-order valence-corrected chi connectivity index (χ0v) is 17.2. The van der Waals surface area contributed by atoms with E-state index in [4.69, 9.17) is 0 Å². The summed E-state index contributed by atoms with van der Waals surface area (Å²) in [6, 6.07) is 6.16. The maximum Gasteiger partial charge on any atom is 0.230 e. The molecule has 0 bridgehead atoms. The molecule has 2 aliphatic rings. The monoisotopic (exact) mass is 374 g/mol. The maximum absolute atomic E-state index is 12.9. The fraction of sp³-hybridized carbons (Fsp3) is 0.619. The summed E-state index contributed by atoms with van der Waals surface area (Å²) in [6.07, 6.45) is 6.57. The minimum Gasteiger partial charge on any atom is -0.591 e. The van der Waals surface area contributed by atoms with Crippen molar-refractivity contribution < 1.29 is 9.35 Å². The first kappa shape index (κ1) is 19.4. The minimum absolute atomic E-state index is 0.201. The average molecular weight is 375 g/mol. The molecule has 4 nitrogen and oxygen atoms in total. The van der Waals surface area contributed by atoms with Crippen molar-refractivity contribution in [2.24, 2.45) is 10.3 Å². The summed E-state index contributed by atoms with van der Waals surface area (Å²) in [7, 11) is 0. The van der Waals surface area contributed by atoms with Crippen LogP contribution in [-0.2, 0) is 22.6 Å². The fourth-order valence-corrected chi connectivity index (χ4v) is 4.37. The lowest BCUT2D eigenvalue weighted by Gasteiger charge is -2.26. The molecule has 0 unspecified atom stereocenters. The van der Waals surface area contributed by atoms with Crippen LogP contribution in [0.3, 0.4) is 0 Å². The van der Waals surface area contributed by atoms with Crippen LogP contribution >= 0.6 is 0 Å². The van der Waals surface area contributed by atoms with Gasteiger partial charge < -0.3 is 9.45 Å². The van der Waals surface area contributed by atoms with E-state index in [-0.39, 0.29) is 10.7 Å². The number of hydrogen-bond donors (Lipinski definition) is 0. The number of benzene rings is 1. The highest BCUT2D eigenvalue weighted by molar-refractivity contribution is 7.91. The van der Waals surface area contributed by atoms with Crippen LogP contribution in [0.5, 0.6) is 0 Å². The standard InChI is InChI=1S/C21H30N2O2S/c1-15(22-26(25)21(2,3)4)17-10-11-19-18(14-17)12-13-23(19)20(24)16-8-6-5-7-9-16/h10-11,14,16H,5-9,12-13H2,1-4H3/t26-/m1/s1. The molecule has 0 aromatic heterocycles. The van der Waals surface area contributed by atoms with Crippen molar-refractivity contribution in [3.8, 4) is 0 Å². The molecule has 1 aromatic carbocycles. The van der Waals surface area contributed by atoms with E-state index in [1.807, 2.05) is 44.7 Å². The molecule has 1 aromatic rings. The Morgan fingerprint density at radius 1 is 1.23 bits per heavy atom. The van der Waals surface area contributed by atoms with Gasteiger partial charge in [-0.3, -0.25) is 4.79 Å². The molecule has 0 radical (unpaired) electrons. The number of rotatable bonds is 3. The van der Waals surface area contributed by atoms with Gasteiger partial charge in [-0.1, -0.05) is 29.7 Å². The highest BCUT2D eigenvalue weighted by atomic mass is 32.2. The van der Waals surface area contributed by atoms with E-state index in [0.717, 1.165) is 42.8 Å². The van der Waals surface area contributed by atoms with Crippen molar-refractivity contribution in [2.45, 2.75) is 71.0 Å². The molecule has 5 heteroatoms. The summed E-state index contributed by atoms with van der Waals surface area (Å²) in [5.41, 5.74) is 4.03. The zero-order chi connectivity index (χ0) is 18.9. The van der Waals surface area contributed by atoms with Crippen LogP contribution < -0.4 is 4.90 Å². The molecular weight excluding hydrogens is 344 g/mol. The van der Waals surface area contributed by atoms with E-state index in [1.165, 1.54) is 24.8 Å². The second-order valence-electron chi connectivity index (χ2n) is 8.46. The Balaban J connectivity index is 1.78. The Bertz CT molecular complexity index is 702. The Morgan fingerprint density at radius 2 is 1.92 bits per heavy atom. The number of carbonyl (C=O) groups is 1. The predicted molar refractivity (Wildman–Crippen MR) is 109 cm³/mol. The predicted octanol–water partition coefficient (Wildman–Crippen LogP) is 4.43. The molecule has 142 valence electrons. The van der Waals surface area contributed by atoms with Crippen LogP contribution in [0.25, 0.3) is 0 Å². The van der Waals surface area contributed by atoms with E-state index in [2.05, 4.69) is 10.5 Å². The van der Waals surface area contributed by atoms with Gasteiger partial charge in [-0.15, -0.1) is 0 Å². The number of amides is 1. The van der Waals surface area contributed by atoms with Crippen LogP contribution in [0.15, 0.2) is 22.6 Å². The third-order valence-corrected chi connectivity index (χ3v) is 6.84. The topological polar surface area (TPSA) is 55.7 Å². The summed E-state index contributed by atoms with van der Waals surface area (Å²) >= 11 is -1.26. The van der Waals surface area contributed by atoms with Gasteiger partial charge in [0.2, 0.25) is 5.91 Å². The summed E-state index contributed by atoms with van der Waals surface area (Å²) in [5, 5.41) is 0. The number of hydrogen-bond acceptors (Lipinski definition) is 3. The number of carbonyl (C=O) groups excluding carboxylic acids is 1. The first-order valence-corrected chi connectivity index (χ1v) is 10.8. The van der Waals surface area contributed by atoms with Crippen molar-refractivity contribution in [1.29, 1.82) is 0 Å². The van der Waals surface area contributed by atoms with Crippen molar-refractivity contribution in [1.82, 2.24) is 0 Å². The average Bonchev–Trinajstić information content (AvgIpc) is 3.04. The minimum atomic E-state index is -1.26. The first-order chi connectivity index (χ1) is 12.3. The van der Waals surface area contributed by atoms with E-state index in [9.17, 15) is 9.35 Å². The first-order valence-electron chi connectivity index (χ1n) is 9.69. The second kappa shape index (κ2) is 7.73. The van der Waals surface area contributed by atoms with Crippen LogP contribution in [0.2, 0.25) is 0 Å². The van der Waals surface area contributed by atoms with Crippen molar-refractivity contribution in [3.05, 3.63) is 29.3 Å². The van der Waals surface area contributed by atoms with E-state index >= 15 is 0 Å². The van der Waals surface area contributed by atoms with Gasteiger partial charge >= 0.3 is 0 Å². The molecule has 1 amide bonds. The van der Waals surface area contributed by atoms with Crippen LogP contribution in [-0.4, -0.2) is 27.5 Å². The van der Waals surface area contributed by atoms with Gasteiger partial charge in [-0.25, -0.2) is 0 Å². The molecule has 1 heterocycles. The number of fused-ring (bicyclic) bond motifs is 1. The highest BCUT2D eigenvalue weighted by Gasteiger charge is 2.31. The van der Waals surface area contributed by atoms with E-state index in [0.29, 0.717) is 5.91 Å². The SMILES string of the molecule is CC(=N[S@+]([O-])C(C)(C)C)c1ccc2c(c1)CCN2C(=O)C1CCCCC1. The maximum atomic E-state index is 12.9. The second-order valence-corrected chi connectivity index (χ2v) is 10.4. The Hall–Kier alpha value is -1.33. The third-order valence-electron chi connectivity index (χ3n) is 5.36. The Labute approximate surface area is 160 Å². The van der Waals surface area contributed by atoms with E-state index < -0.39 is 11.4 Å². The lowest BCUT2D eigenvalue weighted by Crippen LogP contribution is -2.35. The molecule has 1 aliphatic carbocycles. The lowest BCUT2D eigenvalue weighted by atomic mass is 9.88. The fourth-order valence-electron chi connectivity index (χ4n) is 3.74. The number of nitrogens with zero attached hydrogens (tertiary/aromatic N) is 2. The molecule has 0 saturated heterocycles. The van der Waals surface area contributed by atoms with Gasteiger partial charge in [-0.2, -0.15) is 0 Å². The normalized spacial score (nSPS) is 20.2. The summed E-state index contributed by atoms with van der Waals surface area (Å²) < 4.78 is 16.3. The van der Waals surface area contributed by atoms with Gasteiger partial charge in [-0.05, 0) is 64.7 Å². The van der Waals surface area contributed by atoms with Crippen molar-refractivity contribution >= 4 is 28.7 Å². The smallest absolute Gasteiger partial charge is 0.230 e. The largest absolute Gasteiger partial charge is 0.591 e. The Kier molecular flexibility index (Phi) is 5.78. The summed E-state index contributed by atoms with van der Waals surface area (Å²) in [4.78, 5) is 14.9. The van der Waals surface area contributed by atoms with Crippen LogP contribution in [0.4, 0.5) is 5.69 Å². The highest BCUT2D eigenvalue weighted by Crippen LogP contribution is 2.33. The quantitative estimate of drug-likeness (QED) is 0.580. The third kappa shape index (κ3) is 4.15. The molecule has 26 heavy (non-hydrogen) atoms.